The summed E-state index contributed by atoms with van der Waals surface area (Å²) in [5.41, 5.74) is 6.80. The average Bonchev–Trinajstić information content (AvgIpc) is 2.41. The summed E-state index contributed by atoms with van der Waals surface area (Å²) >= 11 is 3.32. The third-order valence-corrected chi connectivity index (χ3v) is 2.95. The van der Waals surface area contributed by atoms with Crippen LogP contribution in [0, 0.1) is 0 Å². The summed E-state index contributed by atoms with van der Waals surface area (Å²) in [4.78, 5) is 15.7. The largest absolute Gasteiger partial charge is 0.454 e. The average molecular weight is 336 g/mol. The van der Waals surface area contributed by atoms with Crippen molar-refractivity contribution in [1.82, 2.24) is 10.3 Å². The van der Waals surface area contributed by atoms with Crippen LogP contribution in [0.15, 0.2) is 41.1 Å². The van der Waals surface area contributed by atoms with Crippen LogP contribution in [0.5, 0.6) is 11.5 Å². The number of halogens is 1. The Kier molecular flexibility index (Phi) is 4.57. The van der Waals surface area contributed by atoms with E-state index in [1.54, 1.807) is 36.7 Å². The Labute approximate surface area is 125 Å². The Bertz CT molecular complexity index is 632. The number of nitrogen functional groups attached to an aromatic ring is 1. The van der Waals surface area contributed by atoms with Gasteiger partial charge in [-0.25, -0.2) is 0 Å². The maximum atomic E-state index is 11.7. The number of nitrogens with one attached hydrogen (secondary N) is 1. The van der Waals surface area contributed by atoms with Gasteiger partial charge in [-0.05, 0) is 47.1 Å². The molecule has 0 aliphatic heterocycles. The van der Waals surface area contributed by atoms with E-state index < -0.39 is 0 Å². The number of amides is 1. The summed E-state index contributed by atoms with van der Waals surface area (Å²) in [7, 11) is 0. The fourth-order valence-corrected chi connectivity index (χ4v) is 1.96. The number of ether oxygens (including phenoxy) is 1. The lowest BCUT2D eigenvalue weighted by Crippen LogP contribution is -2.22. The molecule has 2 aromatic rings. The zero-order chi connectivity index (χ0) is 14.5. The molecule has 6 heteroatoms. The molecule has 0 radical (unpaired) electrons. The van der Waals surface area contributed by atoms with E-state index in [1.807, 2.05) is 6.92 Å². The Balaban J connectivity index is 2.20. The summed E-state index contributed by atoms with van der Waals surface area (Å²) in [5, 5.41) is 2.71. The normalized spacial score (nSPS) is 10.1. The quantitative estimate of drug-likeness (QED) is 0.842. The second kappa shape index (κ2) is 6.38. The van der Waals surface area contributed by atoms with Gasteiger partial charge in [0.15, 0.2) is 0 Å². The molecule has 2 rings (SSSR count). The van der Waals surface area contributed by atoms with Crippen molar-refractivity contribution < 1.29 is 9.53 Å². The molecule has 0 saturated carbocycles. The van der Waals surface area contributed by atoms with Crippen LogP contribution < -0.4 is 15.8 Å². The van der Waals surface area contributed by atoms with E-state index in [4.69, 9.17) is 10.5 Å². The van der Waals surface area contributed by atoms with E-state index in [9.17, 15) is 4.79 Å². The number of hydrogen-bond donors (Lipinski definition) is 2. The molecule has 104 valence electrons. The SMILES string of the molecule is CCNC(=O)c1ccc(Oc2cncc(Br)c2)c(N)c1. The molecule has 0 aliphatic rings. The van der Waals surface area contributed by atoms with Crippen molar-refractivity contribution in [2.45, 2.75) is 6.92 Å². The summed E-state index contributed by atoms with van der Waals surface area (Å²) in [6, 6.07) is 6.71. The predicted octanol–water partition coefficient (Wildman–Crippen LogP) is 2.97. The number of rotatable bonds is 4. The maximum absolute atomic E-state index is 11.7. The Hall–Kier alpha value is -2.08. The lowest BCUT2D eigenvalue weighted by molar-refractivity contribution is 0.0956. The van der Waals surface area contributed by atoms with Gasteiger partial charge in [-0.3, -0.25) is 9.78 Å². The highest BCUT2D eigenvalue weighted by molar-refractivity contribution is 9.10. The van der Waals surface area contributed by atoms with Gasteiger partial charge in [0.25, 0.3) is 5.91 Å². The summed E-state index contributed by atoms with van der Waals surface area (Å²) in [6.45, 7) is 2.43. The summed E-state index contributed by atoms with van der Waals surface area (Å²) in [6.07, 6.45) is 3.25. The molecule has 0 bridgehead atoms. The molecule has 0 fully saturated rings. The van der Waals surface area contributed by atoms with Crippen molar-refractivity contribution in [1.29, 1.82) is 0 Å². The second-order valence-corrected chi connectivity index (χ2v) is 4.97. The van der Waals surface area contributed by atoms with Crippen LogP contribution in [-0.4, -0.2) is 17.4 Å². The molecular formula is C14H14BrN3O2. The Morgan fingerprint density at radius 3 is 2.85 bits per heavy atom. The standard InChI is InChI=1S/C14H14BrN3O2/c1-2-18-14(19)9-3-4-13(12(16)5-9)20-11-6-10(15)7-17-8-11/h3-8H,2,16H2,1H3,(H,18,19). The van der Waals surface area contributed by atoms with Crippen LogP contribution in [0.25, 0.3) is 0 Å². The maximum Gasteiger partial charge on any atom is 0.251 e. The lowest BCUT2D eigenvalue weighted by Gasteiger charge is -2.10. The van der Waals surface area contributed by atoms with Gasteiger partial charge in [-0.15, -0.1) is 0 Å². The first-order valence-electron chi connectivity index (χ1n) is 6.06. The minimum absolute atomic E-state index is 0.158. The lowest BCUT2D eigenvalue weighted by atomic mass is 10.1. The molecule has 0 unspecified atom stereocenters. The van der Waals surface area contributed by atoms with Crippen LogP contribution in [0.1, 0.15) is 17.3 Å². The van der Waals surface area contributed by atoms with Gasteiger partial charge in [-0.2, -0.15) is 0 Å². The fraction of sp³-hybridized carbons (Fsp3) is 0.143. The van der Waals surface area contributed by atoms with Crippen molar-refractivity contribution >= 4 is 27.5 Å². The molecule has 0 spiro atoms. The Morgan fingerprint density at radius 1 is 1.40 bits per heavy atom. The molecule has 1 amide bonds. The number of carbonyl (C=O) groups excluding carboxylic acids is 1. The minimum atomic E-state index is -0.158. The summed E-state index contributed by atoms with van der Waals surface area (Å²) < 4.78 is 6.45. The number of pyridine rings is 1. The molecule has 0 aliphatic carbocycles. The molecule has 0 atom stereocenters. The van der Waals surface area contributed by atoms with Crippen LogP contribution in [0.4, 0.5) is 5.69 Å². The summed E-state index contributed by atoms with van der Waals surface area (Å²) in [5.74, 6) is 0.893. The minimum Gasteiger partial charge on any atom is -0.454 e. The van der Waals surface area contributed by atoms with Crippen molar-refractivity contribution in [2.75, 3.05) is 12.3 Å². The van der Waals surface area contributed by atoms with E-state index >= 15 is 0 Å². The Morgan fingerprint density at radius 2 is 2.20 bits per heavy atom. The second-order valence-electron chi connectivity index (χ2n) is 4.05. The van der Waals surface area contributed by atoms with E-state index in [-0.39, 0.29) is 5.91 Å². The zero-order valence-corrected chi connectivity index (χ0v) is 12.5. The molecule has 5 nitrogen and oxygen atoms in total. The number of nitrogens with two attached hydrogens (primary N) is 1. The van der Waals surface area contributed by atoms with Crippen LogP contribution in [-0.2, 0) is 0 Å². The van der Waals surface area contributed by atoms with Crippen LogP contribution >= 0.6 is 15.9 Å². The third-order valence-electron chi connectivity index (χ3n) is 2.52. The fourth-order valence-electron chi connectivity index (χ4n) is 1.62. The van der Waals surface area contributed by atoms with Gasteiger partial charge in [0.05, 0.1) is 11.9 Å². The van der Waals surface area contributed by atoms with Crippen molar-refractivity contribution in [3.63, 3.8) is 0 Å². The number of benzene rings is 1. The van der Waals surface area contributed by atoms with Gasteiger partial charge >= 0.3 is 0 Å². The first-order valence-corrected chi connectivity index (χ1v) is 6.85. The highest BCUT2D eigenvalue weighted by Crippen LogP contribution is 2.29. The first-order chi connectivity index (χ1) is 9.60. The number of anilines is 1. The van der Waals surface area contributed by atoms with Gasteiger partial charge in [0, 0.05) is 22.8 Å². The topological polar surface area (TPSA) is 77.2 Å². The number of hydrogen-bond acceptors (Lipinski definition) is 4. The van der Waals surface area contributed by atoms with Crippen molar-refractivity contribution in [3.8, 4) is 11.5 Å². The van der Waals surface area contributed by atoms with Gasteiger partial charge in [0.2, 0.25) is 0 Å². The number of aromatic nitrogens is 1. The van der Waals surface area contributed by atoms with Gasteiger partial charge in [0.1, 0.15) is 11.5 Å². The third kappa shape index (κ3) is 3.48. The molecular weight excluding hydrogens is 322 g/mol. The van der Waals surface area contributed by atoms with E-state index in [2.05, 4.69) is 26.2 Å². The smallest absolute Gasteiger partial charge is 0.251 e. The van der Waals surface area contributed by atoms with E-state index in [1.165, 1.54) is 0 Å². The highest BCUT2D eigenvalue weighted by atomic mass is 79.9. The van der Waals surface area contributed by atoms with E-state index in [0.29, 0.717) is 29.3 Å². The molecule has 1 aromatic carbocycles. The zero-order valence-electron chi connectivity index (χ0n) is 10.9. The van der Waals surface area contributed by atoms with Crippen LogP contribution in [0.3, 0.4) is 0 Å². The molecule has 1 heterocycles. The predicted molar refractivity (Wildman–Crippen MR) is 80.9 cm³/mol. The molecule has 1 aromatic heterocycles. The highest BCUT2D eigenvalue weighted by Gasteiger charge is 2.09. The monoisotopic (exact) mass is 335 g/mol. The van der Waals surface area contributed by atoms with Gasteiger partial charge in [-0.1, -0.05) is 0 Å². The van der Waals surface area contributed by atoms with Crippen molar-refractivity contribution in [2.24, 2.45) is 0 Å². The molecule has 20 heavy (non-hydrogen) atoms. The molecule has 0 saturated heterocycles. The molecule has 3 N–H and O–H groups in total. The number of carbonyl (C=O) groups is 1. The first kappa shape index (κ1) is 14.3. The van der Waals surface area contributed by atoms with Crippen LogP contribution in [0.2, 0.25) is 0 Å². The van der Waals surface area contributed by atoms with E-state index in [0.717, 1.165) is 4.47 Å². The number of nitrogens with zero attached hydrogens (tertiary/aromatic N) is 1. The van der Waals surface area contributed by atoms with Gasteiger partial charge < -0.3 is 15.8 Å². The van der Waals surface area contributed by atoms with Crippen molar-refractivity contribution in [3.05, 3.63) is 46.7 Å².